The first-order valence-electron chi connectivity index (χ1n) is 10.8. The lowest BCUT2D eigenvalue weighted by atomic mass is 10.1. The van der Waals surface area contributed by atoms with E-state index in [2.05, 4.69) is 4.90 Å². The van der Waals surface area contributed by atoms with Gasteiger partial charge >= 0.3 is 0 Å². The zero-order valence-electron chi connectivity index (χ0n) is 18.4. The fourth-order valence-corrected chi connectivity index (χ4v) is 5.55. The minimum absolute atomic E-state index is 0.0602. The van der Waals surface area contributed by atoms with Crippen molar-refractivity contribution in [1.82, 2.24) is 14.7 Å². The average molecular weight is 458 g/mol. The largest absolute Gasteiger partial charge is 0.496 e. The number of ether oxygens (including phenoxy) is 1. The Hall–Kier alpha value is -2.58. The molecular weight excluding hydrogens is 429 g/mol. The Morgan fingerprint density at radius 1 is 1.06 bits per heavy atom. The molecule has 8 heteroatoms. The lowest BCUT2D eigenvalue weighted by Crippen LogP contribution is -2.50. The van der Waals surface area contributed by atoms with Crippen LogP contribution < -0.4 is 4.74 Å². The number of thioether (sulfide) groups is 1. The molecule has 170 valence electrons. The van der Waals surface area contributed by atoms with Crippen molar-refractivity contribution in [2.24, 2.45) is 0 Å². The molecular formula is C24H28FN3O3S. The zero-order valence-corrected chi connectivity index (χ0v) is 19.2. The van der Waals surface area contributed by atoms with Gasteiger partial charge in [-0.2, -0.15) is 0 Å². The van der Waals surface area contributed by atoms with Gasteiger partial charge in [-0.3, -0.25) is 14.5 Å². The first-order chi connectivity index (χ1) is 15.5. The molecule has 2 heterocycles. The average Bonchev–Trinajstić information content (AvgIpc) is 3.11. The second kappa shape index (κ2) is 9.92. The standard InChI is InChI=1S/C24H28FN3O3S/c1-17-22(29)28(24(32-17)20-5-3-4-6-21(20)31-2)16-13-26-11-14-27(15-12-26)23(30)18-7-9-19(25)10-8-18/h3-10,17,24H,11-16H2,1-2H3. The van der Waals surface area contributed by atoms with Crippen molar-refractivity contribution >= 4 is 23.6 Å². The number of hydrogen-bond acceptors (Lipinski definition) is 5. The Morgan fingerprint density at radius 2 is 1.75 bits per heavy atom. The number of benzene rings is 2. The zero-order chi connectivity index (χ0) is 22.7. The van der Waals surface area contributed by atoms with Crippen molar-refractivity contribution in [1.29, 1.82) is 0 Å². The molecule has 0 spiro atoms. The fraction of sp³-hybridized carbons (Fsp3) is 0.417. The summed E-state index contributed by atoms with van der Waals surface area (Å²) in [6, 6.07) is 13.5. The Morgan fingerprint density at radius 3 is 2.44 bits per heavy atom. The van der Waals surface area contributed by atoms with Crippen LogP contribution >= 0.6 is 11.8 Å². The van der Waals surface area contributed by atoms with Crippen LogP contribution in [-0.2, 0) is 4.79 Å². The molecule has 2 aromatic carbocycles. The quantitative estimate of drug-likeness (QED) is 0.667. The predicted molar refractivity (Wildman–Crippen MR) is 123 cm³/mol. The predicted octanol–water partition coefficient (Wildman–Crippen LogP) is 3.25. The van der Waals surface area contributed by atoms with E-state index in [0.717, 1.165) is 30.9 Å². The molecule has 2 fully saturated rings. The molecule has 0 bridgehead atoms. The van der Waals surface area contributed by atoms with Gasteiger partial charge in [-0.05, 0) is 37.3 Å². The molecule has 2 amide bonds. The number of carbonyl (C=O) groups excluding carboxylic acids is 2. The van der Waals surface area contributed by atoms with Gasteiger partial charge < -0.3 is 14.5 Å². The van der Waals surface area contributed by atoms with Crippen LogP contribution in [0.25, 0.3) is 0 Å². The Kier molecular flexibility index (Phi) is 7.01. The van der Waals surface area contributed by atoms with E-state index in [4.69, 9.17) is 4.74 Å². The van der Waals surface area contributed by atoms with Crippen molar-refractivity contribution < 1.29 is 18.7 Å². The highest BCUT2D eigenvalue weighted by Crippen LogP contribution is 2.45. The van der Waals surface area contributed by atoms with E-state index < -0.39 is 0 Å². The van der Waals surface area contributed by atoms with Crippen LogP contribution in [0.2, 0.25) is 0 Å². The summed E-state index contributed by atoms with van der Waals surface area (Å²) in [6.45, 7) is 6.06. The maximum Gasteiger partial charge on any atom is 0.253 e. The number of carbonyl (C=O) groups is 2. The topological polar surface area (TPSA) is 53.1 Å². The second-order valence-corrected chi connectivity index (χ2v) is 9.47. The van der Waals surface area contributed by atoms with Crippen molar-refractivity contribution in [3.05, 3.63) is 65.5 Å². The van der Waals surface area contributed by atoms with Gasteiger partial charge in [0.15, 0.2) is 0 Å². The summed E-state index contributed by atoms with van der Waals surface area (Å²) >= 11 is 1.65. The van der Waals surface area contributed by atoms with Crippen molar-refractivity contribution in [3.63, 3.8) is 0 Å². The summed E-state index contributed by atoms with van der Waals surface area (Å²) in [5.74, 6) is 0.531. The van der Waals surface area contributed by atoms with E-state index in [0.29, 0.717) is 25.2 Å². The van der Waals surface area contributed by atoms with Gasteiger partial charge in [-0.25, -0.2) is 4.39 Å². The molecule has 0 aliphatic carbocycles. The lowest BCUT2D eigenvalue weighted by Gasteiger charge is -2.36. The maximum atomic E-state index is 13.1. The molecule has 2 saturated heterocycles. The minimum atomic E-state index is -0.346. The van der Waals surface area contributed by atoms with E-state index >= 15 is 0 Å². The van der Waals surface area contributed by atoms with Crippen LogP contribution in [0.15, 0.2) is 48.5 Å². The molecule has 0 radical (unpaired) electrons. The van der Waals surface area contributed by atoms with Crippen LogP contribution in [0, 0.1) is 5.82 Å². The molecule has 6 nitrogen and oxygen atoms in total. The molecule has 2 atom stereocenters. The van der Waals surface area contributed by atoms with Crippen LogP contribution in [-0.4, -0.2) is 78.1 Å². The number of rotatable bonds is 6. The monoisotopic (exact) mass is 457 g/mol. The van der Waals surface area contributed by atoms with Gasteiger partial charge in [-0.15, -0.1) is 11.8 Å². The van der Waals surface area contributed by atoms with Gasteiger partial charge in [0, 0.05) is 50.4 Å². The molecule has 0 saturated carbocycles. The van der Waals surface area contributed by atoms with E-state index in [9.17, 15) is 14.0 Å². The summed E-state index contributed by atoms with van der Waals surface area (Å²) in [4.78, 5) is 31.5. The molecule has 2 unspecified atom stereocenters. The molecule has 32 heavy (non-hydrogen) atoms. The van der Waals surface area contributed by atoms with Crippen molar-refractivity contribution in [2.45, 2.75) is 17.5 Å². The highest BCUT2D eigenvalue weighted by Gasteiger charge is 2.39. The maximum absolute atomic E-state index is 13.1. The number of nitrogens with zero attached hydrogens (tertiary/aromatic N) is 3. The van der Waals surface area contributed by atoms with Crippen LogP contribution in [0.4, 0.5) is 4.39 Å². The van der Waals surface area contributed by atoms with Gasteiger partial charge in [0.25, 0.3) is 5.91 Å². The number of methoxy groups -OCH3 is 1. The third-order valence-electron chi connectivity index (χ3n) is 6.06. The molecule has 4 rings (SSSR count). The van der Waals surface area contributed by atoms with Crippen LogP contribution in [0.1, 0.15) is 28.2 Å². The van der Waals surface area contributed by atoms with Gasteiger partial charge in [0.05, 0.1) is 12.4 Å². The van der Waals surface area contributed by atoms with Crippen molar-refractivity contribution in [3.8, 4) is 5.75 Å². The molecule has 2 aliphatic heterocycles. The Bertz CT molecular complexity index is 963. The van der Waals surface area contributed by atoms with Crippen molar-refractivity contribution in [2.75, 3.05) is 46.4 Å². The first-order valence-corrected chi connectivity index (χ1v) is 11.8. The van der Waals surface area contributed by atoms with Gasteiger partial charge in [-0.1, -0.05) is 18.2 Å². The van der Waals surface area contributed by atoms with E-state index in [1.165, 1.54) is 24.3 Å². The summed E-state index contributed by atoms with van der Waals surface area (Å²) in [5, 5.41) is -0.148. The number of amides is 2. The number of halogens is 1. The summed E-state index contributed by atoms with van der Waals surface area (Å²) in [7, 11) is 1.65. The Labute approximate surface area is 192 Å². The third-order valence-corrected chi connectivity index (χ3v) is 7.44. The van der Waals surface area contributed by atoms with Crippen LogP contribution in [0.3, 0.4) is 0 Å². The van der Waals surface area contributed by atoms with Gasteiger partial charge in [0.2, 0.25) is 5.91 Å². The fourth-order valence-electron chi connectivity index (χ4n) is 4.21. The summed E-state index contributed by atoms with van der Waals surface area (Å²) in [6.07, 6.45) is 0. The first kappa shape index (κ1) is 22.6. The van der Waals surface area contributed by atoms with Gasteiger partial charge in [0.1, 0.15) is 16.9 Å². The number of piperazine rings is 1. The number of hydrogen-bond donors (Lipinski definition) is 0. The van der Waals surface area contributed by atoms with E-state index in [1.807, 2.05) is 36.1 Å². The molecule has 2 aliphatic rings. The number of para-hydroxylation sites is 1. The summed E-state index contributed by atoms with van der Waals surface area (Å²) in [5.41, 5.74) is 1.53. The highest BCUT2D eigenvalue weighted by molar-refractivity contribution is 8.01. The highest BCUT2D eigenvalue weighted by atomic mass is 32.2. The molecule has 0 aromatic heterocycles. The minimum Gasteiger partial charge on any atom is -0.496 e. The van der Waals surface area contributed by atoms with E-state index in [1.54, 1.807) is 23.8 Å². The molecule has 0 N–H and O–H groups in total. The smallest absolute Gasteiger partial charge is 0.253 e. The normalized spacial score (nSPS) is 21.8. The molecule has 2 aromatic rings. The second-order valence-electron chi connectivity index (χ2n) is 8.04. The SMILES string of the molecule is COc1ccccc1C1SC(C)C(=O)N1CCN1CCN(C(=O)c2ccc(F)cc2)CC1. The lowest BCUT2D eigenvalue weighted by molar-refractivity contribution is -0.130. The van der Waals surface area contributed by atoms with Crippen LogP contribution in [0.5, 0.6) is 5.75 Å². The van der Waals surface area contributed by atoms with E-state index in [-0.39, 0.29) is 28.3 Å². The third kappa shape index (κ3) is 4.76. The summed E-state index contributed by atoms with van der Waals surface area (Å²) < 4.78 is 18.6. The Balaban J connectivity index is 1.34.